The first-order chi connectivity index (χ1) is 6.79. The average Bonchev–Trinajstić information content (AvgIpc) is 2.67. The molecule has 2 saturated carbocycles. The van der Waals surface area contributed by atoms with E-state index in [1.54, 1.807) is 0 Å². The fourth-order valence-corrected chi connectivity index (χ4v) is 3.03. The van der Waals surface area contributed by atoms with Gasteiger partial charge in [-0.05, 0) is 31.1 Å². The average molecular weight is 191 g/mol. The van der Waals surface area contributed by atoms with Crippen molar-refractivity contribution < 1.29 is 4.79 Å². The number of hydrogen-bond donors (Lipinski definition) is 0. The minimum absolute atomic E-state index is 0.254. The Morgan fingerprint density at radius 2 is 2.14 bits per heavy atom. The van der Waals surface area contributed by atoms with E-state index in [9.17, 15) is 4.79 Å². The number of rotatable bonds is 4. The van der Waals surface area contributed by atoms with Gasteiger partial charge in [-0.15, -0.1) is 0 Å². The molecule has 2 nitrogen and oxygen atoms in total. The van der Waals surface area contributed by atoms with E-state index in [2.05, 4.69) is 6.07 Å². The van der Waals surface area contributed by atoms with Crippen LogP contribution in [-0.2, 0) is 4.79 Å². The van der Waals surface area contributed by atoms with Crippen LogP contribution in [-0.4, -0.2) is 5.78 Å². The molecule has 2 heteroatoms. The molecule has 2 rings (SSSR count). The molecule has 3 atom stereocenters. The number of Topliss-reactive ketones (excluding diaryl/α,β-unsaturated/α-hetero) is 1. The lowest BCUT2D eigenvalue weighted by Gasteiger charge is -2.07. The highest BCUT2D eigenvalue weighted by atomic mass is 16.1. The molecule has 0 bridgehead atoms. The lowest BCUT2D eigenvalue weighted by molar-refractivity contribution is -0.123. The van der Waals surface area contributed by atoms with Crippen molar-refractivity contribution in [2.75, 3.05) is 0 Å². The molecular formula is C12H17NO. The number of fused-ring (bicyclic) bond motifs is 1. The molecule has 0 aromatic heterocycles. The maximum atomic E-state index is 11.9. The molecule has 3 unspecified atom stereocenters. The van der Waals surface area contributed by atoms with Gasteiger partial charge < -0.3 is 0 Å². The summed E-state index contributed by atoms with van der Waals surface area (Å²) >= 11 is 0. The molecule has 0 saturated heterocycles. The van der Waals surface area contributed by atoms with Crippen LogP contribution >= 0.6 is 0 Å². The third kappa shape index (κ3) is 1.45. The summed E-state index contributed by atoms with van der Waals surface area (Å²) < 4.78 is 0. The molecule has 0 aromatic carbocycles. The van der Waals surface area contributed by atoms with Crippen molar-refractivity contribution in [2.24, 2.45) is 23.7 Å². The van der Waals surface area contributed by atoms with Crippen molar-refractivity contribution in [1.29, 1.82) is 5.26 Å². The molecule has 0 radical (unpaired) electrons. The number of carbonyl (C=O) groups is 1. The van der Waals surface area contributed by atoms with E-state index >= 15 is 0 Å². The third-order valence-corrected chi connectivity index (χ3v) is 3.81. The zero-order valence-corrected chi connectivity index (χ0v) is 8.70. The van der Waals surface area contributed by atoms with Crippen LogP contribution in [0.4, 0.5) is 0 Å². The second-order valence-corrected chi connectivity index (χ2v) is 4.66. The maximum absolute atomic E-state index is 11.9. The molecule has 2 aliphatic rings. The van der Waals surface area contributed by atoms with E-state index in [4.69, 9.17) is 5.26 Å². The standard InChI is InChI=1S/C12H17NO/c1-2-4-8(7-13)12(14)11-9-5-3-6-10(9)11/h8-11H,2-6H2,1H3. The van der Waals surface area contributed by atoms with Crippen molar-refractivity contribution in [1.82, 2.24) is 0 Å². The Morgan fingerprint density at radius 1 is 1.50 bits per heavy atom. The van der Waals surface area contributed by atoms with Gasteiger partial charge in [0.2, 0.25) is 0 Å². The Kier molecular flexibility index (Phi) is 2.58. The topological polar surface area (TPSA) is 40.9 Å². The van der Waals surface area contributed by atoms with Gasteiger partial charge in [-0.2, -0.15) is 5.26 Å². The monoisotopic (exact) mass is 191 g/mol. The number of nitrogens with zero attached hydrogens (tertiary/aromatic N) is 1. The van der Waals surface area contributed by atoms with E-state index < -0.39 is 0 Å². The Labute approximate surface area is 85.3 Å². The van der Waals surface area contributed by atoms with Gasteiger partial charge in [0.15, 0.2) is 5.78 Å². The van der Waals surface area contributed by atoms with Crippen LogP contribution < -0.4 is 0 Å². The molecule has 2 aliphatic carbocycles. The van der Waals surface area contributed by atoms with E-state index in [1.807, 2.05) is 6.92 Å². The fraction of sp³-hybridized carbons (Fsp3) is 0.833. The predicted octanol–water partition coefficient (Wildman–Crippen LogP) is 2.54. The van der Waals surface area contributed by atoms with Gasteiger partial charge in [0, 0.05) is 5.92 Å². The number of hydrogen-bond acceptors (Lipinski definition) is 2. The molecular weight excluding hydrogens is 174 g/mol. The number of ketones is 1. The van der Waals surface area contributed by atoms with Crippen LogP contribution in [0.2, 0.25) is 0 Å². The highest BCUT2D eigenvalue weighted by Crippen LogP contribution is 2.58. The van der Waals surface area contributed by atoms with Crippen molar-refractivity contribution in [2.45, 2.75) is 39.0 Å². The SMILES string of the molecule is CCCC(C#N)C(=O)C1C2CCCC21. The minimum Gasteiger partial charge on any atom is -0.298 e. The lowest BCUT2D eigenvalue weighted by Crippen LogP contribution is -2.17. The van der Waals surface area contributed by atoms with Gasteiger partial charge in [0.05, 0.1) is 6.07 Å². The Morgan fingerprint density at radius 3 is 2.64 bits per heavy atom. The first kappa shape index (κ1) is 9.71. The maximum Gasteiger partial charge on any atom is 0.153 e. The van der Waals surface area contributed by atoms with Crippen molar-refractivity contribution in [3.05, 3.63) is 0 Å². The summed E-state index contributed by atoms with van der Waals surface area (Å²) in [5.74, 6) is 1.55. The summed E-state index contributed by atoms with van der Waals surface area (Å²) in [6.07, 6.45) is 5.44. The van der Waals surface area contributed by atoms with Gasteiger partial charge in [0.25, 0.3) is 0 Å². The fourth-order valence-electron chi connectivity index (χ4n) is 3.03. The van der Waals surface area contributed by atoms with Gasteiger partial charge in [0.1, 0.15) is 5.92 Å². The van der Waals surface area contributed by atoms with Crippen LogP contribution in [0.15, 0.2) is 0 Å². The first-order valence-electron chi connectivity index (χ1n) is 5.73. The second-order valence-electron chi connectivity index (χ2n) is 4.66. The van der Waals surface area contributed by atoms with Crippen LogP contribution in [0.3, 0.4) is 0 Å². The summed E-state index contributed by atoms with van der Waals surface area (Å²) in [5, 5.41) is 8.90. The van der Waals surface area contributed by atoms with Gasteiger partial charge in [-0.1, -0.05) is 19.8 Å². The van der Waals surface area contributed by atoms with E-state index in [0.717, 1.165) is 12.8 Å². The highest BCUT2D eigenvalue weighted by Gasteiger charge is 2.57. The van der Waals surface area contributed by atoms with Gasteiger partial charge in [-0.3, -0.25) is 4.79 Å². The predicted molar refractivity (Wildman–Crippen MR) is 53.3 cm³/mol. The molecule has 0 heterocycles. The summed E-state index contributed by atoms with van der Waals surface area (Å²) in [6, 6.07) is 2.16. The Hall–Kier alpha value is -0.840. The van der Waals surface area contributed by atoms with Crippen molar-refractivity contribution >= 4 is 5.78 Å². The molecule has 76 valence electrons. The Bertz CT molecular complexity index is 269. The summed E-state index contributed by atoms with van der Waals surface area (Å²) in [6.45, 7) is 2.03. The molecule has 0 spiro atoms. The van der Waals surface area contributed by atoms with Gasteiger partial charge in [-0.25, -0.2) is 0 Å². The zero-order chi connectivity index (χ0) is 10.1. The number of nitriles is 1. The van der Waals surface area contributed by atoms with Crippen molar-refractivity contribution in [3.8, 4) is 6.07 Å². The molecule has 0 aromatic rings. The van der Waals surface area contributed by atoms with Gasteiger partial charge >= 0.3 is 0 Å². The minimum atomic E-state index is -0.310. The quantitative estimate of drug-likeness (QED) is 0.685. The van der Waals surface area contributed by atoms with E-state index in [0.29, 0.717) is 11.8 Å². The smallest absolute Gasteiger partial charge is 0.153 e. The molecule has 0 amide bonds. The summed E-state index contributed by atoms with van der Waals surface area (Å²) in [7, 11) is 0. The zero-order valence-electron chi connectivity index (χ0n) is 8.70. The summed E-state index contributed by atoms with van der Waals surface area (Å²) in [4.78, 5) is 11.9. The third-order valence-electron chi connectivity index (χ3n) is 3.81. The van der Waals surface area contributed by atoms with E-state index in [1.165, 1.54) is 19.3 Å². The lowest BCUT2D eigenvalue weighted by atomic mass is 9.94. The molecule has 0 aliphatic heterocycles. The largest absolute Gasteiger partial charge is 0.298 e. The van der Waals surface area contributed by atoms with Crippen LogP contribution in [0.5, 0.6) is 0 Å². The van der Waals surface area contributed by atoms with Crippen molar-refractivity contribution in [3.63, 3.8) is 0 Å². The molecule has 0 N–H and O–H groups in total. The second kappa shape index (κ2) is 3.73. The summed E-state index contributed by atoms with van der Waals surface area (Å²) in [5.41, 5.74) is 0. The van der Waals surface area contributed by atoms with Crippen LogP contribution in [0.1, 0.15) is 39.0 Å². The van der Waals surface area contributed by atoms with Crippen LogP contribution in [0, 0.1) is 35.0 Å². The van der Waals surface area contributed by atoms with Crippen LogP contribution in [0.25, 0.3) is 0 Å². The number of carbonyl (C=O) groups excluding carboxylic acids is 1. The molecule has 14 heavy (non-hydrogen) atoms. The Balaban J connectivity index is 1.92. The molecule has 2 fully saturated rings. The first-order valence-corrected chi connectivity index (χ1v) is 5.73. The highest BCUT2D eigenvalue weighted by molar-refractivity contribution is 5.88. The normalized spacial score (nSPS) is 35.9. The van der Waals surface area contributed by atoms with E-state index in [-0.39, 0.29) is 17.6 Å².